The molecule has 0 aliphatic carbocycles. The molecule has 0 spiro atoms. The number of benzene rings is 1. The van der Waals surface area contributed by atoms with Gasteiger partial charge in [-0.2, -0.15) is 0 Å². The van der Waals surface area contributed by atoms with Crippen LogP contribution in [0.15, 0.2) is 29.2 Å². The number of hydrogen-bond acceptors (Lipinski definition) is 3. The standard InChI is InChI=1S/C10H13NO2S/c12-8-1-3-9(4-2-8)14(13)10-5-6-11-7-10/h1-4,10-12H,5-7H2. The Morgan fingerprint density at radius 1 is 1.36 bits per heavy atom. The fourth-order valence-electron chi connectivity index (χ4n) is 1.58. The van der Waals surface area contributed by atoms with Crippen molar-refractivity contribution in [2.24, 2.45) is 0 Å². The summed E-state index contributed by atoms with van der Waals surface area (Å²) in [7, 11) is -0.941. The second kappa shape index (κ2) is 4.11. The van der Waals surface area contributed by atoms with Crippen LogP contribution >= 0.6 is 0 Å². The van der Waals surface area contributed by atoms with Gasteiger partial charge in [0.25, 0.3) is 0 Å². The summed E-state index contributed by atoms with van der Waals surface area (Å²) in [6.45, 7) is 1.78. The Bertz CT molecular complexity index is 330. The summed E-state index contributed by atoms with van der Waals surface area (Å²) in [6, 6.07) is 6.61. The van der Waals surface area contributed by atoms with E-state index >= 15 is 0 Å². The van der Waals surface area contributed by atoms with E-state index in [-0.39, 0.29) is 11.0 Å². The van der Waals surface area contributed by atoms with Gasteiger partial charge in [0.05, 0.1) is 16.0 Å². The van der Waals surface area contributed by atoms with Crippen molar-refractivity contribution < 1.29 is 9.32 Å². The first-order valence-corrected chi connectivity index (χ1v) is 5.89. The van der Waals surface area contributed by atoms with Crippen LogP contribution in [0.3, 0.4) is 0 Å². The highest BCUT2D eigenvalue weighted by molar-refractivity contribution is 7.85. The van der Waals surface area contributed by atoms with Gasteiger partial charge in [-0.15, -0.1) is 0 Å². The minimum Gasteiger partial charge on any atom is -0.508 e. The number of rotatable bonds is 2. The third-order valence-electron chi connectivity index (χ3n) is 2.39. The van der Waals surface area contributed by atoms with Crippen molar-refractivity contribution in [3.8, 4) is 5.75 Å². The minimum absolute atomic E-state index is 0.218. The second-order valence-corrected chi connectivity index (χ2v) is 5.14. The first-order valence-electron chi connectivity index (χ1n) is 4.68. The Hall–Kier alpha value is -0.870. The molecule has 1 fully saturated rings. The van der Waals surface area contributed by atoms with Crippen molar-refractivity contribution >= 4 is 10.8 Å². The molecule has 0 radical (unpaired) electrons. The summed E-state index contributed by atoms with van der Waals surface area (Å²) in [6.07, 6.45) is 0.966. The van der Waals surface area contributed by atoms with Crippen molar-refractivity contribution in [1.29, 1.82) is 0 Å². The lowest BCUT2D eigenvalue weighted by Crippen LogP contribution is -2.18. The molecule has 1 heterocycles. The highest BCUT2D eigenvalue weighted by Gasteiger charge is 2.21. The number of aromatic hydroxyl groups is 1. The third-order valence-corrected chi connectivity index (χ3v) is 4.13. The van der Waals surface area contributed by atoms with E-state index in [1.165, 1.54) is 0 Å². The molecule has 14 heavy (non-hydrogen) atoms. The molecular formula is C10H13NO2S. The topological polar surface area (TPSA) is 49.3 Å². The van der Waals surface area contributed by atoms with E-state index in [0.29, 0.717) is 0 Å². The van der Waals surface area contributed by atoms with Crippen LogP contribution in [0.2, 0.25) is 0 Å². The van der Waals surface area contributed by atoms with Crippen LogP contribution in [0, 0.1) is 0 Å². The third kappa shape index (κ3) is 1.96. The predicted octanol–water partition coefficient (Wildman–Crippen LogP) is 0.862. The van der Waals surface area contributed by atoms with Gasteiger partial charge in [0.15, 0.2) is 0 Å². The van der Waals surface area contributed by atoms with Crippen LogP contribution in [0.4, 0.5) is 0 Å². The molecular weight excluding hydrogens is 198 g/mol. The lowest BCUT2D eigenvalue weighted by molar-refractivity contribution is 0.475. The van der Waals surface area contributed by atoms with Crippen molar-refractivity contribution in [3.63, 3.8) is 0 Å². The number of hydrogen-bond donors (Lipinski definition) is 2. The Kier molecular flexibility index (Phi) is 2.84. The zero-order chi connectivity index (χ0) is 9.97. The van der Waals surface area contributed by atoms with Crippen molar-refractivity contribution in [2.45, 2.75) is 16.6 Å². The Morgan fingerprint density at radius 3 is 2.64 bits per heavy atom. The summed E-state index contributed by atoms with van der Waals surface area (Å²) >= 11 is 0. The molecule has 1 aliphatic rings. The predicted molar refractivity (Wildman–Crippen MR) is 55.8 cm³/mol. The van der Waals surface area contributed by atoms with E-state index in [9.17, 15) is 4.21 Å². The van der Waals surface area contributed by atoms with Gasteiger partial charge in [0.1, 0.15) is 5.75 Å². The maximum Gasteiger partial charge on any atom is 0.115 e. The van der Waals surface area contributed by atoms with E-state index in [1.807, 2.05) is 0 Å². The van der Waals surface area contributed by atoms with Crippen LogP contribution in [-0.2, 0) is 10.8 Å². The lowest BCUT2D eigenvalue weighted by Gasteiger charge is -2.07. The first-order chi connectivity index (χ1) is 6.77. The van der Waals surface area contributed by atoms with E-state index in [4.69, 9.17) is 5.11 Å². The molecule has 1 aromatic rings. The Balaban J connectivity index is 2.14. The maximum absolute atomic E-state index is 11.9. The molecule has 1 aliphatic heterocycles. The zero-order valence-corrected chi connectivity index (χ0v) is 8.59. The monoisotopic (exact) mass is 211 g/mol. The molecule has 76 valence electrons. The molecule has 0 saturated carbocycles. The molecule has 1 saturated heterocycles. The highest BCUT2D eigenvalue weighted by atomic mass is 32.2. The molecule has 1 aromatic carbocycles. The van der Waals surface area contributed by atoms with Crippen LogP contribution in [0.25, 0.3) is 0 Å². The SMILES string of the molecule is O=S(c1ccc(O)cc1)C1CCNC1. The van der Waals surface area contributed by atoms with Gasteiger partial charge in [0, 0.05) is 11.4 Å². The first kappa shape index (κ1) is 9.68. The number of phenolic OH excluding ortho intramolecular Hbond substituents is 1. The highest BCUT2D eigenvalue weighted by Crippen LogP contribution is 2.18. The van der Waals surface area contributed by atoms with Crippen LogP contribution < -0.4 is 5.32 Å². The second-order valence-electron chi connectivity index (χ2n) is 3.41. The normalized spacial score (nSPS) is 23.6. The number of phenols is 1. The summed E-state index contributed by atoms with van der Waals surface area (Å²) in [4.78, 5) is 0.802. The fraction of sp³-hybridized carbons (Fsp3) is 0.400. The van der Waals surface area contributed by atoms with E-state index in [1.54, 1.807) is 24.3 Å². The van der Waals surface area contributed by atoms with Gasteiger partial charge in [-0.25, -0.2) is 0 Å². The molecule has 0 amide bonds. The fourth-order valence-corrected chi connectivity index (χ4v) is 2.97. The molecule has 4 heteroatoms. The summed E-state index contributed by atoms with van der Waals surface area (Å²) in [5.41, 5.74) is 0. The largest absolute Gasteiger partial charge is 0.508 e. The van der Waals surface area contributed by atoms with Gasteiger partial charge < -0.3 is 10.4 Å². The minimum atomic E-state index is -0.941. The average molecular weight is 211 g/mol. The van der Waals surface area contributed by atoms with Gasteiger partial charge in [0.2, 0.25) is 0 Å². The summed E-state index contributed by atoms with van der Waals surface area (Å²) in [5, 5.41) is 12.5. The summed E-state index contributed by atoms with van der Waals surface area (Å²) < 4.78 is 11.9. The molecule has 2 rings (SSSR count). The quantitative estimate of drug-likeness (QED) is 0.763. The van der Waals surface area contributed by atoms with Crippen molar-refractivity contribution in [3.05, 3.63) is 24.3 Å². The number of nitrogens with one attached hydrogen (secondary N) is 1. The van der Waals surface area contributed by atoms with Crippen LogP contribution in [0.5, 0.6) is 5.75 Å². The van der Waals surface area contributed by atoms with E-state index in [2.05, 4.69) is 5.32 Å². The molecule has 0 aromatic heterocycles. The van der Waals surface area contributed by atoms with Crippen LogP contribution in [-0.4, -0.2) is 27.7 Å². The van der Waals surface area contributed by atoms with Gasteiger partial charge in [-0.1, -0.05) is 0 Å². The molecule has 0 bridgehead atoms. The molecule has 2 N–H and O–H groups in total. The van der Waals surface area contributed by atoms with Gasteiger partial charge in [-0.3, -0.25) is 4.21 Å². The molecule has 3 nitrogen and oxygen atoms in total. The van der Waals surface area contributed by atoms with Gasteiger partial charge in [-0.05, 0) is 37.2 Å². The van der Waals surface area contributed by atoms with Crippen LogP contribution in [0.1, 0.15) is 6.42 Å². The van der Waals surface area contributed by atoms with E-state index < -0.39 is 10.8 Å². The molecule has 2 unspecified atom stereocenters. The maximum atomic E-state index is 11.9. The summed E-state index contributed by atoms with van der Waals surface area (Å²) in [5.74, 6) is 0.218. The van der Waals surface area contributed by atoms with E-state index in [0.717, 1.165) is 24.4 Å². The van der Waals surface area contributed by atoms with Gasteiger partial charge >= 0.3 is 0 Å². The lowest BCUT2D eigenvalue weighted by atomic mass is 10.3. The van der Waals surface area contributed by atoms with Crippen molar-refractivity contribution in [2.75, 3.05) is 13.1 Å². The Labute approximate surface area is 85.6 Å². The van der Waals surface area contributed by atoms with Crippen molar-refractivity contribution in [1.82, 2.24) is 5.32 Å². The average Bonchev–Trinajstić information content (AvgIpc) is 2.71. The Morgan fingerprint density at radius 2 is 2.07 bits per heavy atom. The smallest absolute Gasteiger partial charge is 0.115 e. The zero-order valence-electron chi connectivity index (χ0n) is 7.77. The molecule has 2 atom stereocenters.